The molecular weight excluding hydrogens is 283 g/mol. The first kappa shape index (κ1) is 13.5. The lowest BCUT2D eigenvalue weighted by Crippen LogP contribution is -2.12. The van der Waals surface area contributed by atoms with Crippen LogP contribution in [0.15, 0.2) is 22.7 Å². The monoisotopic (exact) mass is 296 g/mol. The van der Waals surface area contributed by atoms with Crippen LogP contribution in [0.1, 0.15) is 18.7 Å². The second-order valence-electron chi connectivity index (χ2n) is 5.25. The second kappa shape index (κ2) is 5.14. The minimum atomic E-state index is -0.456. The lowest BCUT2D eigenvalue weighted by Gasteiger charge is -2.09. The van der Waals surface area contributed by atoms with Crippen LogP contribution in [0.4, 0.5) is 4.39 Å². The molecule has 106 valence electrons. The molecule has 0 N–H and O–H groups in total. The highest BCUT2D eigenvalue weighted by molar-refractivity contribution is 6.30. The zero-order valence-corrected chi connectivity index (χ0v) is 11.8. The molecule has 1 aromatic carbocycles. The quantitative estimate of drug-likeness (QED) is 0.847. The average Bonchev–Trinajstić information content (AvgIpc) is 2.98. The zero-order chi connectivity index (χ0) is 14.2. The van der Waals surface area contributed by atoms with E-state index in [9.17, 15) is 4.39 Å². The Morgan fingerprint density at radius 1 is 1.45 bits per heavy atom. The molecule has 0 unspecified atom stereocenters. The van der Waals surface area contributed by atoms with Crippen molar-refractivity contribution in [2.45, 2.75) is 19.3 Å². The molecule has 0 radical (unpaired) electrons. The van der Waals surface area contributed by atoms with Crippen LogP contribution in [0.25, 0.3) is 11.4 Å². The molecule has 0 spiro atoms. The summed E-state index contributed by atoms with van der Waals surface area (Å²) in [7, 11) is 1.68. The fraction of sp³-hybridized carbons (Fsp3) is 0.429. The molecule has 1 aliphatic rings. The van der Waals surface area contributed by atoms with E-state index in [0.29, 0.717) is 29.5 Å². The molecule has 0 saturated heterocycles. The number of benzene rings is 1. The van der Waals surface area contributed by atoms with Crippen LogP contribution in [0.5, 0.6) is 0 Å². The Morgan fingerprint density at radius 3 is 2.90 bits per heavy atom. The Balaban J connectivity index is 1.80. The van der Waals surface area contributed by atoms with E-state index in [0.717, 1.165) is 12.8 Å². The number of nitrogens with zero attached hydrogens (tertiary/aromatic N) is 2. The normalized spacial score (nSPS) is 16.4. The molecule has 1 fully saturated rings. The first-order valence-corrected chi connectivity index (χ1v) is 6.77. The van der Waals surface area contributed by atoms with Crippen molar-refractivity contribution < 1.29 is 13.7 Å². The summed E-state index contributed by atoms with van der Waals surface area (Å²) in [4.78, 5) is 4.26. The van der Waals surface area contributed by atoms with Gasteiger partial charge in [0.2, 0.25) is 11.7 Å². The van der Waals surface area contributed by atoms with E-state index in [1.807, 2.05) is 0 Å². The van der Waals surface area contributed by atoms with Gasteiger partial charge < -0.3 is 9.26 Å². The Bertz CT molecular complexity index is 625. The van der Waals surface area contributed by atoms with Gasteiger partial charge in [-0.2, -0.15) is 4.98 Å². The third-order valence-corrected chi connectivity index (χ3v) is 3.81. The van der Waals surface area contributed by atoms with Crippen molar-refractivity contribution >= 4 is 11.6 Å². The molecule has 4 nitrogen and oxygen atoms in total. The summed E-state index contributed by atoms with van der Waals surface area (Å²) in [6.07, 6.45) is 2.85. The molecule has 0 aliphatic heterocycles. The maximum atomic E-state index is 13.8. The van der Waals surface area contributed by atoms with E-state index in [2.05, 4.69) is 10.1 Å². The van der Waals surface area contributed by atoms with Gasteiger partial charge in [-0.25, -0.2) is 4.39 Å². The second-order valence-corrected chi connectivity index (χ2v) is 5.68. The molecular formula is C14H14ClFN2O2. The van der Waals surface area contributed by atoms with Crippen LogP contribution in [0.2, 0.25) is 5.02 Å². The highest BCUT2D eigenvalue weighted by Gasteiger charge is 2.44. The molecule has 0 atom stereocenters. The van der Waals surface area contributed by atoms with Crippen LogP contribution >= 0.6 is 11.6 Å². The summed E-state index contributed by atoms with van der Waals surface area (Å²) in [6, 6.07) is 4.39. The van der Waals surface area contributed by atoms with E-state index in [4.69, 9.17) is 20.9 Å². The summed E-state index contributed by atoms with van der Waals surface area (Å²) in [5.41, 5.74) is 0.415. The van der Waals surface area contributed by atoms with Crippen molar-refractivity contribution in [3.63, 3.8) is 0 Å². The zero-order valence-electron chi connectivity index (χ0n) is 11.0. The Hall–Kier alpha value is -1.46. The molecule has 0 bridgehead atoms. The maximum absolute atomic E-state index is 13.8. The van der Waals surface area contributed by atoms with Gasteiger partial charge in [0.05, 0.1) is 12.2 Å². The van der Waals surface area contributed by atoms with Gasteiger partial charge in [-0.1, -0.05) is 16.8 Å². The molecule has 6 heteroatoms. The van der Waals surface area contributed by atoms with Gasteiger partial charge in [-0.3, -0.25) is 0 Å². The molecule has 1 heterocycles. The van der Waals surface area contributed by atoms with Crippen LogP contribution in [0, 0.1) is 11.2 Å². The number of hydrogen-bond acceptors (Lipinski definition) is 4. The van der Waals surface area contributed by atoms with Crippen molar-refractivity contribution in [2.24, 2.45) is 5.41 Å². The van der Waals surface area contributed by atoms with Gasteiger partial charge in [0.25, 0.3) is 0 Å². The van der Waals surface area contributed by atoms with E-state index in [1.54, 1.807) is 19.2 Å². The van der Waals surface area contributed by atoms with Gasteiger partial charge in [-0.15, -0.1) is 0 Å². The van der Waals surface area contributed by atoms with Crippen molar-refractivity contribution in [1.82, 2.24) is 10.1 Å². The van der Waals surface area contributed by atoms with Crippen molar-refractivity contribution in [3.8, 4) is 11.4 Å². The van der Waals surface area contributed by atoms with Crippen molar-refractivity contribution in [3.05, 3.63) is 34.9 Å². The first-order valence-electron chi connectivity index (χ1n) is 6.39. The Kier molecular flexibility index (Phi) is 3.48. The third-order valence-electron chi connectivity index (χ3n) is 3.57. The Morgan fingerprint density at radius 2 is 2.25 bits per heavy atom. The predicted molar refractivity (Wildman–Crippen MR) is 71.9 cm³/mol. The molecule has 2 aromatic rings. The van der Waals surface area contributed by atoms with Gasteiger partial charge in [0.1, 0.15) is 5.82 Å². The molecule has 1 aromatic heterocycles. The molecule has 0 amide bonds. The standard InChI is InChI=1S/C14H14ClFN2O2/c1-19-8-14(4-5-14)7-12-17-13(18-20-12)10-3-2-9(15)6-11(10)16/h2-3,6H,4-5,7-8H2,1H3. The van der Waals surface area contributed by atoms with Crippen LogP contribution in [-0.2, 0) is 11.2 Å². The van der Waals surface area contributed by atoms with Crippen LogP contribution in [0.3, 0.4) is 0 Å². The summed E-state index contributed by atoms with van der Waals surface area (Å²) in [5.74, 6) is 0.314. The number of hydrogen-bond donors (Lipinski definition) is 0. The van der Waals surface area contributed by atoms with Gasteiger partial charge in [0.15, 0.2) is 0 Å². The number of aromatic nitrogens is 2. The predicted octanol–water partition coefficient (Wildman–Crippen LogP) is 3.50. The van der Waals surface area contributed by atoms with Crippen LogP contribution < -0.4 is 0 Å². The van der Waals surface area contributed by atoms with Gasteiger partial charge in [0, 0.05) is 24.0 Å². The SMILES string of the molecule is COCC1(Cc2nc(-c3ccc(Cl)cc3F)no2)CC1. The summed E-state index contributed by atoms with van der Waals surface area (Å²) >= 11 is 5.72. The number of methoxy groups -OCH3 is 1. The van der Waals surface area contributed by atoms with Gasteiger partial charge in [-0.05, 0) is 31.0 Å². The average molecular weight is 297 g/mol. The number of halogens is 2. The van der Waals surface area contributed by atoms with Gasteiger partial charge >= 0.3 is 0 Å². The topological polar surface area (TPSA) is 48.2 Å². The first-order chi connectivity index (χ1) is 9.62. The summed E-state index contributed by atoms with van der Waals surface area (Å²) in [6.45, 7) is 0.681. The highest BCUT2D eigenvalue weighted by atomic mass is 35.5. The van der Waals surface area contributed by atoms with E-state index in [-0.39, 0.29) is 11.2 Å². The smallest absolute Gasteiger partial charge is 0.227 e. The van der Waals surface area contributed by atoms with E-state index < -0.39 is 5.82 Å². The fourth-order valence-corrected chi connectivity index (χ4v) is 2.44. The number of rotatable bonds is 5. The van der Waals surface area contributed by atoms with E-state index >= 15 is 0 Å². The number of ether oxygens (including phenoxy) is 1. The lowest BCUT2D eigenvalue weighted by molar-refractivity contribution is 0.135. The summed E-state index contributed by atoms with van der Waals surface area (Å²) < 4.78 is 24.2. The third kappa shape index (κ3) is 2.69. The fourth-order valence-electron chi connectivity index (χ4n) is 2.28. The van der Waals surface area contributed by atoms with Crippen molar-refractivity contribution in [2.75, 3.05) is 13.7 Å². The minimum absolute atomic E-state index is 0.122. The minimum Gasteiger partial charge on any atom is -0.384 e. The molecule has 20 heavy (non-hydrogen) atoms. The maximum Gasteiger partial charge on any atom is 0.227 e. The Labute approximate surface area is 120 Å². The van der Waals surface area contributed by atoms with Crippen molar-refractivity contribution in [1.29, 1.82) is 0 Å². The summed E-state index contributed by atoms with van der Waals surface area (Å²) in [5, 5.41) is 4.18. The molecule has 1 saturated carbocycles. The lowest BCUT2D eigenvalue weighted by atomic mass is 10.0. The molecule has 1 aliphatic carbocycles. The van der Waals surface area contributed by atoms with E-state index in [1.165, 1.54) is 6.07 Å². The van der Waals surface area contributed by atoms with Crippen LogP contribution in [-0.4, -0.2) is 23.9 Å². The molecule has 3 rings (SSSR count). The highest BCUT2D eigenvalue weighted by Crippen LogP contribution is 2.48. The largest absolute Gasteiger partial charge is 0.384 e.